The average molecular weight is 369 g/mol. The van der Waals surface area contributed by atoms with E-state index < -0.39 is 15.9 Å². The summed E-state index contributed by atoms with van der Waals surface area (Å²) in [6, 6.07) is 11.3. The van der Waals surface area contributed by atoms with Gasteiger partial charge in [0.1, 0.15) is 5.75 Å². The van der Waals surface area contributed by atoms with E-state index in [1.165, 1.54) is 18.2 Å². The van der Waals surface area contributed by atoms with Gasteiger partial charge in [-0.3, -0.25) is 10.2 Å². The number of amides is 1. The number of ether oxygens (including phenoxy) is 1. The molecule has 0 aliphatic carbocycles. The fraction of sp³-hybridized carbons (Fsp3) is 0.188. The van der Waals surface area contributed by atoms with Gasteiger partial charge in [-0.15, -0.1) is 4.83 Å². The topological polar surface area (TPSA) is 84.5 Å². The van der Waals surface area contributed by atoms with Gasteiger partial charge >= 0.3 is 0 Å². The van der Waals surface area contributed by atoms with E-state index in [0.29, 0.717) is 5.75 Å². The molecule has 2 aromatic carbocycles. The lowest BCUT2D eigenvalue weighted by Crippen LogP contribution is -2.43. The van der Waals surface area contributed by atoms with Crippen LogP contribution < -0.4 is 15.0 Å². The van der Waals surface area contributed by atoms with Crippen molar-refractivity contribution in [3.63, 3.8) is 0 Å². The smallest absolute Gasteiger partial charge is 0.272 e. The summed E-state index contributed by atoms with van der Waals surface area (Å²) in [7, 11) is -3.90. The van der Waals surface area contributed by atoms with Crippen molar-refractivity contribution in [2.75, 3.05) is 6.61 Å². The molecule has 1 amide bonds. The first-order chi connectivity index (χ1) is 11.3. The van der Waals surface area contributed by atoms with E-state index >= 15 is 0 Å². The summed E-state index contributed by atoms with van der Waals surface area (Å²) in [4.78, 5) is 13.7. The molecule has 8 heteroatoms. The number of halogens is 1. The van der Waals surface area contributed by atoms with Crippen LogP contribution in [0.1, 0.15) is 11.1 Å². The zero-order valence-corrected chi connectivity index (χ0v) is 14.7. The Hall–Kier alpha value is -2.09. The molecule has 2 N–H and O–H groups in total. The number of sulfonamides is 1. The molecule has 0 radical (unpaired) electrons. The Kier molecular flexibility index (Phi) is 5.82. The van der Waals surface area contributed by atoms with E-state index in [4.69, 9.17) is 16.3 Å². The molecule has 2 aromatic rings. The lowest BCUT2D eigenvalue weighted by Gasteiger charge is -2.11. The summed E-state index contributed by atoms with van der Waals surface area (Å²) in [5, 5.41) is 0.280. The largest absolute Gasteiger partial charge is 0.483 e. The molecule has 0 aromatic heterocycles. The van der Waals surface area contributed by atoms with Crippen LogP contribution in [0.15, 0.2) is 47.4 Å². The zero-order valence-electron chi connectivity index (χ0n) is 13.2. The van der Waals surface area contributed by atoms with Crippen LogP contribution in [0.25, 0.3) is 0 Å². The number of hydrogen-bond donors (Lipinski definition) is 2. The third-order valence-electron chi connectivity index (χ3n) is 3.13. The molecule has 0 saturated heterocycles. The highest BCUT2D eigenvalue weighted by Gasteiger charge is 2.15. The molecule has 0 spiro atoms. The summed E-state index contributed by atoms with van der Waals surface area (Å²) in [6.45, 7) is 3.45. The number of hydrazine groups is 1. The first-order valence-corrected chi connectivity index (χ1v) is 8.90. The number of carbonyl (C=O) groups excluding carboxylic acids is 1. The van der Waals surface area contributed by atoms with Crippen molar-refractivity contribution in [1.29, 1.82) is 0 Å². The van der Waals surface area contributed by atoms with Crippen LogP contribution in [0.4, 0.5) is 0 Å². The van der Waals surface area contributed by atoms with Gasteiger partial charge in [-0.1, -0.05) is 29.8 Å². The van der Waals surface area contributed by atoms with Gasteiger partial charge in [-0.05, 0) is 49.2 Å². The van der Waals surface area contributed by atoms with Crippen molar-refractivity contribution < 1.29 is 17.9 Å². The number of nitrogens with one attached hydrogen (secondary N) is 2. The van der Waals surface area contributed by atoms with Gasteiger partial charge in [0.05, 0.1) is 4.90 Å². The summed E-state index contributed by atoms with van der Waals surface area (Å²) < 4.78 is 29.5. The van der Waals surface area contributed by atoms with E-state index in [9.17, 15) is 13.2 Å². The molecule has 0 unspecified atom stereocenters. The molecule has 6 nitrogen and oxygen atoms in total. The molecule has 0 heterocycles. The zero-order chi connectivity index (χ0) is 17.7. The highest BCUT2D eigenvalue weighted by atomic mass is 35.5. The van der Waals surface area contributed by atoms with E-state index in [2.05, 4.69) is 5.43 Å². The van der Waals surface area contributed by atoms with E-state index in [1.54, 1.807) is 12.1 Å². The van der Waals surface area contributed by atoms with Gasteiger partial charge < -0.3 is 4.74 Å². The maximum absolute atomic E-state index is 12.0. The monoisotopic (exact) mass is 368 g/mol. The summed E-state index contributed by atoms with van der Waals surface area (Å²) in [6.07, 6.45) is 0. The minimum absolute atomic E-state index is 0.0502. The standard InChI is InChI=1S/C16H17ClN2O4S/c1-11-6-7-12(2)15(8-11)23-10-16(20)18-19-24(21,22)14-5-3-4-13(17)9-14/h3-9,19H,10H2,1-2H3,(H,18,20). The summed E-state index contributed by atoms with van der Waals surface area (Å²) in [5.41, 5.74) is 3.98. The van der Waals surface area contributed by atoms with E-state index in [0.717, 1.165) is 11.1 Å². The molecule has 2 rings (SSSR count). The predicted molar refractivity (Wildman–Crippen MR) is 91.3 cm³/mol. The van der Waals surface area contributed by atoms with Gasteiger partial charge in [0.15, 0.2) is 6.61 Å². The molecule has 0 fully saturated rings. The van der Waals surface area contributed by atoms with Crippen LogP contribution in [0, 0.1) is 13.8 Å². The average Bonchev–Trinajstić information content (AvgIpc) is 2.54. The normalized spacial score (nSPS) is 11.1. The Bertz CT molecular complexity index is 853. The van der Waals surface area contributed by atoms with Crippen molar-refractivity contribution in [3.05, 3.63) is 58.6 Å². The quantitative estimate of drug-likeness (QED) is 0.766. The number of aryl methyl sites for hydroxylation is 2. The number of benzene rings is 2. The second-order valence-electron chi connectivity index (χ2n) is 5.17. The molecule has 0 atom stereocenters. The molecular formula is C16H17ClN2O4S. The van der Waals surface area contributed by atoms with Crippen LogP contribution in [0.5, 0.6) is 5.75 Å². The Morgan fingerprint density at radius 3 is 2.62 bits per heavy atom. The highest BCUT2D eigenvalue weighted by molar-refractivity contribution is 7.89. The highest BCUT2D eigenvalue weighted by Crippen LogP contribution is 2.19. The Morgan fingerprint density at radius 2 is 1.92 bits per heavy atom. The number of rotatable bonds is 6. The van der Waals surface area contributed by atoms with Crippen LogP contribution in [-0.4, -0.2) is 20.9 Å². The third kappa shape index (κ3) is 4.95. The summed E-state index contributed by atoms with van der Waals surface area (Å²) >= 11 is 5.76. The van der Waals surface area contributed by atoms with Crippen molar-refractivity contribution in [1.82, 2.24) is 10.3 Å². The SMILES string of the molecule is Cc1ccc(C)c(OCC(=O)NNS(=O)(=O)c2cccc(Cl)c2)c1. The Balaban J connectivity index is 1.92. The molecule has 24 heavy (non-hydrogen) atoms. The van der Waals surface area contributed by atoms with Crippen LogP contribution in [0.3, 0.4) is 0 Å². The first-order valence-electron chi connectivity index (χ1n) is 7.04. The van der Waals surface area contributed by atoms with Gasteiger partial charge in [0, 0.05) is 5.02 Å². The predicted octanol–water partition coefficient (Wildman–Crippen LogP) is 2.35. The van der Waals surface area contributed by atoms with E-state index in [1.807, 2.05) is 30.8 Å². The Labute approximate surface area is 145 Å². The molecule has 0 bridgehead atoms. The van der Waals surface area contributed by atoms with Crippen LogP contribution in [-0.2, 0) is 14.8 Å². The van der Waals surface area contributed by atoms with Crippen LogP contribution >= 0.6 is 11.6 Å². The second kappa shape index (κ2) is 7.65. The molecular weight excluding hydrogens is 352 g/mol. The van der Waals surface area contributed by atoms with Gasteiger partial charge in [0.2, 0.25) is 0 Å². The van der Waals surface area contributed by atoms with Gasteiger partial charge in [-0.25, -0.2) is 8.42 Å². The van der Waals surface area contributed by atoms with Gasteiger partial charge in [0.25, 0.3) is 15.9 Å². The minimum atomic E-state index is -3.90. The molecule has 0 saturated carbocycles. The Morgan fingerprint density at radius 1 is 1.17 bits per heavy atom. The maximum atomic E-state index is 12.0. The minimum Gasteiger partial charge on any atom is -0.483 e. The molecule has 128 valence electrons. The maximum Gasteiger partial charge on any atom is 0.272 e. The number of hydrogen-bond acceptors (Lipinski definition) is 4. The molecule has 0 aliphatic rings. The third-order valence-corrected chi connectivity index (χ3v) is 4.61. The lowest BCUT2D eigenvalue weighted by atomic mass is 10.1. The van der Waals surface area contributed by atoms with Crippen molar-refractivity contribution in [3.8, 4) is 5.75 Å². The van der Waals surface area contributed by atoms with Crippen LogP contribution in [0.2, 0.25) is 5.02 Å². The van der Waals surface area contributed by atoms with Gasteiger partial charge in [-0.2, -0.15) is 0 Å². The first kappa shape index (κ1) is 18.3. The van der Waals surface area contributed by atoms with E-state index in [-0.39, 0.29) is 16.5 Å². The summed E-state index contributed by atoms with van der Waals surface area (Å²) in [5.74, 6) is -0.0515. The van der Waals surface area contributed by atoms with Crippen molar-refractivity contribution in [2.24, 2.45) is 0 Å². The lowest BCUT2D eigenvalue weighted by molar-refractivity contribution is -0.123. The molecule has 0 aliphatic heterocycles. The fourth-order valence-corrected chi connectivity index (χ4v) is 3.02. The second-order valence-corrected chi connectivity index (χ2v) is 7.29. The number of carbonyl (C=O) groups is 1. The fourth-order valence-electron chi connectivity index (χ4n) is 1.86. The van der Waals surface area contributed by atoms with Crippen molar-refractivity contribution in [2.45, 2.75) is 18.7 Å². The van der Waals surface area contributed by atoms with Crippen molar-refractivity contribution >= 4 is 27.5 Å².